The molecule has 2 aliphatic rings. The molecule has 1 atom stereocenters. The van der Waals surface area contributed by atoms with Gasteiger partial charge in [-0.2, -0.15) is 0 Å². The van der Waals surface area contributed by atoms with E-state index in [1.54, 1.807) is 48.5 Å². The molecule has 0 aromatic heterocycles. The second-order valence-electron chi connectivity index (χ2n) is 15.7. The molecule has 0 fully saturated rings. The van der Waals surface area contributed by atoms with Crippen molar-refractivity contribution in [1.82, 2.24) is 0 Å². The van der Waals surface area contributed by atoms with Crippen LogP contribution in [0, 0.1) is 0 Å². The highest BCUT2D eigenvalue weighted by Crippen LogP contribution is 2.46. The molecule has 2 aliphatic heterocycles. The highest BCUT2D eigenvalue weighted by molar-refractivity contribution is 9.10. The zero-order chi connectivity index (χ0) is 38.7. The van der Waals surface area contributed by atoms with E-state index < -0.39 is 22.4 Å². The van der Waals surface area contributed by atoms with Crippen molar-refractivity contribution in [2.45, 2.75) is 97.1 Å². The van der Waals surface area contributed by atoms with Crippen molar-refractivity contribution in [2.75, 3.05) is 0 Å². The van der Waals surface area contributed by atoms with E-state index in [2.05, 4.69) is 31.9 Å². The molecule has 0 saturated carbocycles. The van der Waals surface area contributed by atoms with Gasteiger partial charge < -0.3 is 19.7 Å². The molecule has 0 aliphatic carbocycles. The van der Waals surface area contributed by atoms with Crippen molar-refractivity contribution < 1.29 is 29.3 Å². The molecule has 0 saturated heterocycles. The second-order valence-corrected chi connectivity index (χ2v) is 17.5. The third-order valence-electron chi connectivity index (χ3n) is 10.5. The fourth-order valence-electron chi connectivity index (χ4n) is 7.60. The van der Waals surface area contributed by atoms with Crippen LogP contribution >= 0.6 is 31.9 Å². The number of ketones is 2. The molecule has 6 rings (SSSR count). The molecule has 6 nitrogen and oxygen atoms in total. The largest absolute Gasteiger partial charge is 0.508 e. The Balaban J connectivity index is 1.44. The Kier molecular flexibility index (Phi) is 10.4. The van der Waals surface area contributed by atoms with E-state index in [-0.39, 0.29) is 40.7 Å². The van der Waals surface area contributed by atoms with E-state index in [0.717, 1.165) is 42.3 Å². The lowest BCUT2D eigenvalue weighted by atomic mass is 9.76. The summed E-state index contributed by atoms with van der Waals surface area (Å²) in [6.45, 7) is 14.3. The van der Waals surface area contributed by atoms with Gasteiger partial charge in [-0.3, -0.25) is 9.59 Å². The summed E-state index contributed by atoms with van der Waals surface area (Å²) in [5.41, 5.74) is 2.38. The molecule has 2 N–H and O–H groups in total. The molecule has 276 valence electrons. The molecule has 4 aromatic rings. The number of rotatable bonds is 8. The number of aliphatic hydroxyl groups excluding tert-OH is 2. The van der Waals surface area contributed by atoms with Crippen LogP contribution in [-0.2, 0) is 31.9 Å². The van der Waals surface area contributed by atoms with Gasteiger partial charge in [0.1, 0.15) is 33.9 Å². The standard InChI is InChI=1S/C45H46Br2O6/c1-9-26-10-12-30(27-14-18-32(46)19-15-27)24-34(26)37-40(50)44(6,7)53-45(8,41(37)51)23-22-29-11-13-31(28-16-20-33(47)21-17-28)25-35(29)36-38(48)42(2,3)52-43(4,5)39(36)49/h10-21,24-25,48,50H,9,22-23H2,1-8H3. The van der Waals surface area contributed by atoms with E-state index in [0.29, 0.717) is 24.0 Å². The van der Waals surface area contributed by atoms with Crippen LogP contribution in [0.5, 0.6) is 0 Å². The van der Waals surface area contributed by atoms with Crippen LogP contribution in [0.25, 0.3) is 33.4 Å². The van der Waals surface area contributed by atoms with Crippen molar-refractivity contribution in [1.29, 1.82) is 0 Å². The maximum Gasteiger partial charge on any atom is 0.198 e. The highest BCUT2D eigenvalue weighted by atomic mass is 79.9. The maximum absolute atomic E-state index is 14.8. The van der Waals surface area contributed by atoms with Crippen molar-refractivity contribution >= 4 is 54.6 Å². The summed E-state index contributed by atoms with van der Waals surface area (Å²) in [5.74, 6) is -0.874. The number of halogens is 2. The van der Waals surface area contributed by atoms with Crippen molar-refractivity contribution in [3.05, 3.63) is 128 Å². The number of hydrogen-bond donors (Lipinski definition) is 2. The summed E-state index contributed by atoms with van der Waals surface area (Å²) >= 11 is 7.02. The van der Waals surface area contributed by atoms with Crippen molar-refractivity contribution in [3.8, 4) is 22.3 Å². The van der Waals surface area contributed by atoms with Gasteiger partial charge in [0, 0.05) is 8.95 Å². The predicted molar refractivity (Wildman–Crippen MR) is 219 cm³/mol. The number of aliphatic hydroxyl groups is 2. The third-order valence-corrected chi connectivity index (χ3v) is 11.5. The fraction of sp³-hybridized carbons (Fsp3) is 0.333. The number of hydrogen-bond acceptors (Lipinski definition) is 6. The Morgan fingerprint density at radius 1 is 0.547 bits per heavy atom. The smallest absolute Gasteiger partial charge is 0.198 e. The van der Waals surface area contributed by atoms with Gasteiger partial charge in [0.15, 0.2) is 11.6 Å². The van der Waals surface area contributed by atoms with Gasteiger partial charge in [-0.05, 0) is 149 Å². The van der Waals surface area contributed by atoms with Crippen LogP contribution in [0.2, 0.25) is 0 Å². The zero-order valence-corrected chi connectivity index (χ0v) is 34.7. The third kappa shape index (κ3) is 7.36. The molecular formula is C45H46Br2O6. The monoisotopic (exact) mass is 840 g/mol. The van der Waals surface area contributed by atoms with Crippen LogP contribution < -0.4 is 0 Å². The van der Waals surface area contributed by atoms with Crippen molar-refractivity contribution in [2.24, 2.45) is 0 Å². The van der Waals surface area contributed by atoms with E-state index in [1.807, 2.05) is 91.9 Å². The Bertz CT molecular complexity index is 2170. The first-order chi connectivity index (χ1) is 24.8. The van der Waals surface area contributed by atoms with Crippen molar-refractivity contribution in [3.63, 3.8) is 0 Å². The average molecular weight is 843 g/mol. The summed E-state index contributed by atoms with van der Waals surface area (Å²) in [6.07, 6.45) is 1.25. The number of Topliss-reactive ketones (excluding diaryl/α,β-unsaturated/α-hetero) is 2. The van der Waals surface area contributed by atoms with Gasteiger partial charge in [-0.15, -0.1) is 0 Å². The van der Waals surface area contributed by atoms with E-state index >= 15 is 0 Å². The van der Waals surface area contributed by atoms with Gasteiger partial charge in [0.2, 0.25) is 0 Å². The van der Waals surface area contributed by atoms with E-state index in [1.165, 1.54) is 0 Å². The summed E-state index contributed by atoms with van der Waals surface area (Å²) in [5, 5.41) is 23.3. The lowest BCUT2D eigenvalue weighted by Crippen LogP contribution is -2.51. The Labute approximate surface area is 329 Å². The Morgan fingerprint density at radius 2 is 0.962 bits per heavy atom. The minimum atomic E-state index is -1.33. The maximum atomic E-state index is 14.8. The molecule has 0 bridgehead atoms. The number of carbonyl (C=O) groups is 2. The first-order valence-electron chi connectivity index (χ1n) is 17.9. The average Bonchev–Trinajstić information content (AvgIpc) is 3.10. The summed E-state index contributed by atoms with van der Waals surface area (Å²) in [4.78, 5) is 28.9. The molecule has 8 heteroatoms. The minimum Gasteiger partial charge on any atom is -0.508 e. The van der Waals surface area contributed by atoms with Gasteiger partial charge in [0.05, 0.1) is 11.1 Å². The van der Waals surface area contributed by atoms with Gasteiger partial charge in [0.25, 0.3) is 0 Å². The predicted octanol–water partition coefficient (Wildman–Crippen LogP) is 11.6. The summed E-state index contributed by atoms with van der Waals surface area (Å²) in [7, 11) is 0. The second kappa shape index (κ2) is 14.1. The first kappa shape index (κ1) is 38.9. The quantitative estimate of drug-likeness (QED) is 0.184. The van der Waals surface area contributed by atoms with Crippen LogP contribution in [0.3, 0.4) is 0 Å². The summed E-state index contributed by atoms with van der Waals surface area (Å²) < 4.78 is 14.5. The molecule has 4 aromatic carbocycles. The number of carbonyl (C=O) groups excluding carboxylic acids is 2. The molecule has 1 unspecified atom stereocenters. The van der Waals surface area contributed by atoms with Gasteiger partial charge in [-0.1, -0.05) is 87.3 Å². The zero-order valence-electron chi connectivity index (χ0n) is 31.5. The number of aryl methyl sites for hydroxylation is 2. The molecular weight excluding hydrogens is 796 g/mol. The lowest BCUT2D eigenvalue weighted by Gasteiger charge is -2.43. The van der Waals surface area contributed by atoms with Gasteiger partial charge in [-0.25, -0.2) is 0 Å². The fourth-order valence-corrected chi connectivity index (χ4v) is 8.13. The van der Waals surface area contributed by atoms with Crippen LogP contribution in [0.4, 0.5) is 0 Å². The van der Waals surface area contributed by atoms with Gasteiger partial charge >= 0.3 is 0 Å². The first-order valence-corrected chi connectivity index (χ1v) is 19.5. The molecule has 53 heavy (non-hydrogen) atoms. The molecule has 0 amide bonds. The minimum absolute atomic E-state index is 0.102. The normalized spacial score (nSPS) is 20.9. The van der Waals surface area contributed by atoms with E-state index in [9.17, 15) is 19.8 Å². The molecule has 2 heterocycles. The Morgan fingerprint density at radius 3 is 1.45 bits per heavy atom. The lowest BCUT2D eigenvalue weighted by molar-refractivity contribution is -0.164. The number of benzene rings is 4. The number of ether oxygens (including phenoxy) is 2. The SMILES string of the molecule is CCc1ccc(-c2ccc(Br)cc2)cc1C1=C(O)C(C)(C)OC(C)(CCc2ccc(-c3ccc(Br)cc3)cc2C2=C(O)C(C)(C)OC(C)(C)C2=O)C1=O. The topological polar surface area (TPSA) is 93.1 Å². The summed E-state index contributed by atoms with van der Waals surface area (Å²) in [6, 6.07) is 27.8. The molecule has 0 radical (unpaired) electrons. The Hall–Kier alpha value is -3.82. The van der Waals surface area contributed by atoms with Crippen LogP contribution in [0.1, 0.15) is 84.1 Å². The van der Waals surface area contributed by atoms with E-state index in [4.69, 9.17) is 9.47 Å². The van der Waals surface area contributed by atoms with Crippen LogP contribution in [0.15, 0.2) is 105 Å². The molecule has 0 spiro atoms. The van der Waals surface area contributed by atoms with Crippen LogP contribution in [-0.4, -0.2) is 44.2 Å². The highest BCUT2D eigenvalue weighted by Gasteiger charge is 2.51.